The minimum absolute atomic E-state index is 0.0709. The quantitative estimate of drug-likeness (QED) is 0.110. The van der Waals surface area contributed by atoms with E-state index in [-0.39, 0.29) is 23.4 Å². The van der Waals surface area contributed by atoms with Crippen molar-refractivity contribution in [2.24, 2.45) is 17.8 Å². The standard InChI is InChI=1S/C32H32F2IN2O5PS/c1-4-19-8-5-6-11-24(19)25-17-26(27(42-3)14-18(25)2)31(39)37(35)29-21-13-12-20(15-21)28(29)30(38)36-22-9-7-10-23(16-22)44(40,41)32(33,34)43/h5-14,16-17,20-21,28-29H,4,15,43H2,1-3H3,(H,36,38)/t20-,21+,28+,29-/m1/s1. The van der Waals surface area contributed by atoms with Crippen molar-refractivity contribution in [1.82, 2.24) is 3.11 Å². The molecule has 44 heavy (non-hydrogen) atoms. The fourth-order valence-electron chi connectivity index (χ4n) is 6.23. The van der Waals surface area contributed by atoms with Crippen molar-refractivity contribution in [3.05, 3.63) is 89.5 Å². The van der Waals surface area contributed by atoms with E-state index < -0.39 is 37.6 Å². The minimum atomic E-state index is -4.96. The van der Waals surface area contributed by atoms with Crippen LogP contribution in [-0.2, 0) is 21.1 Å². The molecule has 2 aliphatic rings. The van der Waals surface area contributed by atoms with E-state index in [2.05, 4.69) is 18.3 Å². The monoisotopic (exact) mass is 752 g/mol. The lowest BCUT2D eigenvalue weighted by molar-refractivity contribution is -0.121. The number of rotatable bonds is 9. The van der Waals surface area contributed by atoms with E-state index in [1.54, 1.807) is 3.11 Å². The molecule has 5 rings (SSSR count). The van der Waals surface area contributed by atoms with Gasteiger partial charge in [0.1, 0.15) is 5.75 Å². The predicted molar refractivity (Wildman–Crippen MR) is 178 cm³/mol. The van der Waals surface area contributed by atoms with E-state index in [1.807, 2.05) is 72.3 Å². The lowest BCUT2D eigenvalue weighted by Crippen LogP contribution is -2.45. The number of nitrogens with zero attached hydrogens (tertiary/aromatic N) is 1. The molecule has 12 heteroatoms. The van der Waals surface area contributed by atoms with Gasteiger partial charge in [-0.1, -0.05) is 49.4 Å². The number of carbonyl (C=O) groups is 2. The molecule has 1 N–H and O–H groups in total. The Morgan fingerprint density at radius 2 is 1.77 bits per heavy atom. The number of allylic oxidation sites excluding steroid dienone is 1. The molecule has 0 saturated heterocycles. The molecule has 2 aliphatic carbocycles. The summed E-state index contributed by atoms with van der Waals surface area (Å²) in [6.45, 7) is 4.06. The number of nitrogens with one attached hydrogen (secondary N) is 1. The van der Waals surface area contributed by atoms with E-state index in [0.717, 1.165) is 50.0 Å². The SMILES string of the molecule is CCc1ccccc1-c1cc(C(=O)N(I)[C@H]2[C@@H](C(=O)Nc3cccc(S(=O)(=O)C(F)(F)P)c3)[C@@H]3C=C[C@H]2C3)c(OC)cc1C. The molecule has 2 amide bonds. The number of alkyl halides is 2. The summed E-state index contributed by atoms with van der Waals surface area (Å²) in [5.41, 5.74) is 4.51. The van der Waals surface area contributed by atoms with Gasteiger partial charge in [0.05, 0.1) is 52.4 Å². The fourth-order valence-corrected chi connectivity index (χ4v) is 8.51. The Labute approximate surface area is 272 Å². The van der Waals surface area contributed by atoms with Gasteiger partial charge in [0.15, 0.2) is 0 Å². The van der Waals surface area contributed by atoms with Gasteiger partial charge in [-0.2, -0.15) is 8.78 Å². The maximum absolute atomic E-state index is 14.2. The third-order valence-electron chi connectivity index (χ3n) is 8.41. The number of methoxy groups -OCH3 is 1. The van der Waals surface area contributed by atoms with Crippen LogP contribution in [0.15, 0.2) is 77.7 Å². The van der Waals surface area contributed by atoms with Crippen molar-refractivity contribution in [3.8, 4) is 16.9 Å². The summed E-state index contributed by atoms with van der Waals surface area (Å²) in [4.78, 5) is 23.2. The van der Waals surface area contributed by atoms with Crippen LogP contribution in [0.3, 0.4) is 0 Å². The van der Waals surface area contributed by atoms with Crippen LogP contribution in [0.2, 0.25) is 0 Å². The van der Waals surface area contributed by atoms with Crippen LogP contribution in [0, 0.1) is 24.7 Å². The Hall–Kier alpha value is -2.89. The lowest BCUT2D eigenvalue weighted by atomic mass is 9.87. The lowest BCUT2D eigenvalue weighted by Gasteiger charge is -2.33. The van der Waals surface area contributed by atoms with Gasteiger partial charge in [0, 0.05) is 5.69 Å². The Morgan fingerprint density at radius 1 is 1.07 bits per heavy atom. The second-order valence-electron chi connectivity index (χ2n) is 11.0. The van der Waals surface area contributed by atoms with E-state index in [4.69, 9.17) is 4.74 Å². The number of hydrogen-bond donors (Lipinski definition) is 1. The summed E-state index contributed by atoms with van der Waals surface area (Å²) in [5.74, 6) is -1.18. The summed E-state index contributed by atoms with van der Waals surface area (Å²) in [6.07, 6.45) is 5.47. The van der Waals surface area contributed by atoms with Gasteiger partial charge < -0.3 is 10.1 Å². The number of benzene rings is 3. The molecule has 2 bridgehead atoms. The van der Waals surface area contributed by atoms with Crippen LogP contribution in [-0.4, -0.2) is 41.5 Å². The first-order chi connectivity index (χ1) is 20.8. The Morgan fingerprint density at radius 3 is 2.45 bits per heavy atom. The molecule has 1 fully saturated rings. The van der Waals surface area contributed by atoms with E-state index in [1.165, 1.54) is 19.2 Å². The summed E-state index contributed by atoms with van der Waals surface area (Å²) in [6, 6.07) is 16.1. The number of ether oxygens (including phenoxy) is 1. The molecule has 232 valence electrons. The highest BCUT2D eigenvalue weighted by Crippen LogP contribution is 2.48. The molecule has 0 heterocycles. The third kappa shape index (κ3) is 5.90. The highest BCUT2D eigenvalue weighted by Gasteiger charge is 2.52. The van der Waals surface area contributed by atoms with Crippen molar-refractivity contribution in [3.63, 3.8) is 0 Å². The van der Waals surface area contributed by atoms with Gasteiger partial charge in [0.2, 0.25) is 15.7 Å². The maximum Gasteiger partial charge on any atom is 0.359 e. The first-order valence-corrected chi connectivity index (χ1v) is 17.1. The summed E-state index contributed by atoms with van der Waals surface area (Å²) in [5, 5.41) is 2.71. The average molecular weight is 753 g/mol. The van der Waals surface area contributed by atoms with Crippen molar-refractivity contribution in [2.45, 2.75) is 42.6 Å². The molecule has 0 aromatic heterocycles. The molecular formula is C32H32F2IN2O5PS. The Balaban J connectivity index is 1.45. The number of fused-ring (bicyclic) bond motifs is 2. The predicted octanol–water partition coefficient (Wildman–Crippen LogP) is 7.05. The molecular weight excluding hydrogens is 720 g/mol. The average Bonchev–Trinajstić information content (AvgIpc) is 3.62. The zero-order valence-electron chi connectivity index (χ0n) is 24.3. The van der Waals surface area contributed by atoms with E-state index in [0.29, 0.717) is 17.7 Å². The molecule has 1 saturated carbocycles. The van der Waals surface area contributed by atoms with E-state index >= 15 is 0 Å². The Kier molecular flexibility index (Phi) is 9.22. The van der Waals surface area contributed by atoms with Crippen molar-refractivity contribution in [2.75, 3.05) is 12.4 Å². The van der Waals surface area contributed by atoms with Crippen LogP contribution in [0.4, 0.5) is 14.5 Å². The van der Waals surface area contributed by atoms with Gasteiger partial charge >= 0.3 is 5.00 Å². The van der Waals surface area contributed by atoms with Gasteiger partial charge in [-0.3, -0.25) is 12.7 Å². The molecule has 0 radical (unpaired) electrons. The molecule has 3 aromatic rings. The van der Waals surface area contributed by atoms with Crippen LogP contribution >= 0.6 is 32.1 Å². The molecule has 0 aliphatic heterocycles. The van der Waals surface area contributed by atoms with Crippen LogP contribution in [0.1, 0.15) is 34.8 Å². The third-order valence-corrected chi connectivity index (χ3v) is 12.0. The number of halogens is 3. The molecule has 1 unspecified atom stereocenters. The normalized spacial score (nSPS) is 20.9. The smallest absolute Gasteiger partial charge is 0.359 e. The van der Waals surface area contributed by atoms with Crippen LogP contribution < -0.4 is 10.1 Å². The first kappa shape index (κ1) is 32.5. The summed E-state index contributed by atoms with van der Waals surface area (Å²) < 4.78 is 59.3. The summed E-state index contributed by atoms with van der Waals surface area (Å²) >= 11 is 1.97. The molecule has 3 aromatic carbocycles. The highest BCUT2D eigenvalue weighted by atomic mass is 127. The van der Waals surface area contributed by atoms with Crippen LogP contribution in [0.5, 0.6) is 5.75 Å². The maximum atomic E-state index is 14.2. The second-order valence-corrected chi connectivity index (χ2v) is 15.2. The largest absolute Gasteiger partial charge is 0.496 e. The number of amides is 2. The van der Waals surface area contributed by atoms with Crippen molar-refractivity contribution in [1.29, 1.82) is 0 Å². The fraction of sp³-hybridized carbons (Fsp3) is 0.312. The Bertz CT molecular complexity index is 1760. The second kappa shape index (κ2) is 12.5. The molecule has 0 spiro atoms. The van der Waals surface area contributed by atoms with Gasteiger partial charge in [0.25, 0.3) is 5.91 Å². The topological polar surface area (TPSA) is 92.8 Å². The minimum Gasteiger partial charge on any atom is -0.496 e. The highest BCUT2D eigenvalue weighted by molar-refractivity contribution is 14.1. The molecule has 7 nitrogen and oxygen atoms in total. The van der Waals surface area contributed by atoms with Crippen molar-refractivity contribution >= 4 is 59.4 Å². The molecule has 5 atom stereocenters. The number of aryl methyl sites for hydroxylation is 2. The first-order valence-electron chi connectivity index (χ1n) is 14.0. The summed E-state index contributed by atoms with van der Waals surface area (Å²) in [7, 11) is -2.42. The number of sulfone groups is 1. The number of hydrogen-bond acceptors (Lipinski definition) is 5. The van der Waals surface area contributed by atoms with Crippen molar-refractivity contribution < 1.29 is 31.5 Å². The number of carbonyl (C=O) groups excluding carboxylic acids is 2. The van der Waals surface area contributed by atoms with Gasteiger partial charge in [-0.05, 0) is 93.4 Å². The van der Waals surface area contributed by atoms with Gasteiger partial charge in [-0.25, -0.2) is 8.42 Å². The van der Waals surface area contributed by atoms with Crippen LogP contribution in [0.25, 0.3) is 11.1 Å². The zero-order valence-corrected chi connectivity index (χ0v) is 28.4. The zero-order chi connectivity index (χ0) is 32.0. The number of anilines is 1. The van der Waals surface area contributed by atoms with Gasteiger partial charge in [-0.15, -0.1) is 0 Å². The van der Waals surface area contributed by atoms with E-state index in [9.17, 15) is 26.8 Å².